The first-order valence-electron chi connectivity index (χ1n) is 19.1. The van der Waals surface area contributed by atoms with Gasteiger partial charge in [0.2, 0.25) is 35.4 Å². The molecule has 0 spiro atoms. The lowest BCUT2D eigenvalue weighted by atomic mass is 9.88. The molecule has 3 rings (SSSR count). The summed E-state index contributed by atoms with van der Waals surface area (Å²) >= 11 is 5.81. The van der Waals surface area contributed by atoms with Crippen LogP contribution in [-0.2, 0) is 55.4 Å². The van der Waals surface area contributed by atoms with Gasteiger partial charge in [-0.3, -0.25) is 43.3 Å². The summed E-state index contributed by atoms with van der Waals surface area (Å²) in [5.41, 5.74) is 0.666. The van der Waals surface area contributed by atoms with Crippen LogP contribution in [0.5, 0.6) is 0 Å². The van der Waals surface area contributed by atoms with Gasteiger partial charge < -0.3 is 36.6 Å². The lowest BCUT2D eigenvalue weighted by Crippen LogP contribution is -2.52. The first-order valence-corrected chi connectivity index (χ1v) is 19.6. The van der Waals surface area contributed by atoms with E-state index in [-0.39, 0.29) is 38.4 Å². The molecular weight excluding hydrogens is 770 g/mol. The Labute approximate surface area is 343 Å². The molecule has 0 aromatic heterocycles. The molecule has 1 aliphatic heterocycles. The van der Waals surface area contributed by atoms with Gasteiger partial charge in [0.05, 0.1) is 25.2 Å². The molecule has 2 atom stereocenters. The fourth-order valence-corrected chi connectivity index (χ4v) is 5.73. The van der Waals surface area contributed by atoms with Gasteiger partial charge in [-0.1, -0.05) is 63.2 Å². The van der Waals surface area contributed by atoms with Crippen LogP contribution < -0.4 is 31.9 Å². The predicted molar refractivity (Wildman–Crippen MR) is 217 cm³/mol. The van der Waals surface area contributed by atoms with Gasteiger partial charge in [0.25, 0.3) is 11.8 Å². The standard InChI is InChI=1S/C41H54ClN7O9/c1-5-41(4,18-20-43-32(50)17-21-49-36(54)15-16-37(49)55)58-22-19-40(2,3)39(57)46-25-33(51)44-26-35(53)48-31(23-28-9-7-6-8-10-28)38(56)45-27-34(52)47-30-13-11-29(24-42)12-14-30/h6-16,31H,5,17-27H2,1-4H3,(H,43,50)(H,44,51)(H,45,56)(H,46,57)(H,47,52)(H,48,53)/t31-,41?/m0/s1. The number of halogens is 1. The Kier molecular flexibility index (Phi) is 18.5. The molecule has 6 N–H and O–H groups in total. The van der Waals surface area contributed by atoms with Gasteiger partial charge >= 0.3 is 0 Å². The average molecular weight is 824 g/mol. The Bertz CT molecular complexity index is 1790. The number of hydrogen-bond acceptors (Lipinski definition) is 9. The summed E-state index contributed by atoms with van der Waals surface area (Å²) in [6, 6.07) is 14.9. The van der Waals surface area contributed by atoms with Gasteiger partial charge in [0.15, 0.2) is 0 Å². The van der Waals surface area contributed by atoms with E-state index in [9.17, 15) is 38.4 Å². The van der Waals surface area contributed by atoms with Crippen LogP contribution in [0.25, 0.3) is 0 Å². The van der Waals surface area contributed by atoms with E-state index in [1.54, 1.807) is 62.4 Å². The summed E-state index contributed by atoms with van der Waals surface area (Å²) in [6.45, 7) is 6.61. The minimum Gasteiger partial charge on any atom is -0.375 e. The molecule has 8 amide bonds. The second-order valence-electron chi connectivity index (χ2n) is 14.7. The Balaban J connectivity index is 1.38. The predicted octanol–water partition coefficient (Wildman–Crippen LogP) is 1.86. The third-order valence-corrected chi connectivity index (χ3v) is 9.89. The van der Waals surface area contributed by atoms with Crippen LogP contribution in [0.4, 0.5) is 5.69 Å². The van der Waals surface area contributed by atoms with Crippen molar-refractivity contribution in [1.82, 2.24) is 31.5 Å². The second kappa shape index (κ2) is 23.0. The largest absolute Gasteiger partial charge is 0.375 e. The fraction of sp³-hybridized carbons (Fsp3) is 0.463. The summed E-state index contributed by atoms with van der Waals surface area (Å²) in [5.74, 6) is -3.58. The highest BCUT2D eigenvalue weighted by Gasteiger charge is 2.30. The van der Waals surface area contributed by atoms with Gasteiger partial charge in [-0.05, 0) is 49.4 Å². The second-order valence-corrected chi connectivity index (χ2v) is 14.9. The first kappa shape index (κ1) is 46.8. The van der Waals surface area contributed by atoms with Crippen molar-refractivity contribution in [3.8, 4) is 0 Å². The summed E-state index contributed by atoms with van der Waals surface area (Å²) in [5, 5.41) is 15.7. The van der Waals surface area contributed by atoms with Crippen molar-refractivity contribution in [2.24, 2.45) is 5.41 Å². The third-order valence-electron chi connectivity index (χ3n) is 9.58. The average Bonchev–Trinajstić information content (AvgIpc) is 3.53. The lowest BCUT2D eigenvalue weighted by molar-refractivity contribution is -0.137. The van der Waals surface area contributed by atoms with Crippen LogP contribution in [-0.4, -0.2) is 103 Å². The number of nitrogens with zero attached hydrogens (tertiary/aromatic N) is 1. The minimum atomic E-state index is -1.05. The molecule has 0 fully saturated rings. The Morgan fingerprint density at radius 3 is 2.02 bits per heavy atom. The highest BCUT2D eigenvalue weighted by atomic mass is 35.5. The van der Waals surface area contributed by atoms with Gasteiger partial charge in [-0.2, -0.15) is 0 Å². The van der Waals surface area contributed by atoms with Crippen molar-refractivity contribution in [3.05, 3.63) is 77.9 Å². The van der Waals surface area contributed by atoms with Crippen molar-refractivity contribution >= 4 is 64.5 Å². The van der Waals surface area contributed by atoms with Crippen LogP contribution in [0.3, 0.4) is 0 Å². The molecule has 58 heavy (non-hydrogen) atoms. The number of carbonyl (C=O) groups excluding carboxylic acids is 8. The number of alkyl halides is 1. The number of benzene rings is 2. The van der Waals surface area contributed by atoms with E-state index in [1.807, 2.05) is 19.9 Å². The number of rotatable bonds is 24. The van der Waals surface area contributed by atoms with Crippen molar-refractivity contribution in [3.63, 3.8) is 0 Å². The molecule has 16 nitrogen and oxygen atoms in total. The normalized spacial score (nSPS) is 13.9. The lowest BCUT2D eigenvalue weighted by Gasteiger charge is -2.31. The van der Waals surface area contributed by atoms with Crippen LogP contribution in [0.15, 0.2) is 66.7 Å². The van der Waals surface area contributed by atoms with E-state index < -0.39 is 71.5 Å². The van der Waals surface area contributed by atoms with Crippen molar-refractivity contribution in [1.29, 1.82) is 0 Å². The molecule has 0 saturated heterocycles. The highest BCUT2D eigenvalue weighted by Crippen LogP contribution is 2.25. The molecule has 0 aliphatic carbocycles. The number of nitrogens with one attached hydrogen (secondary N) is 6. The van der Waals surface area contributed by atoms with Crippen molar-refractivity contribution < 1.29 is 43.1 Å². The van der Waals surface area contributed by atoms with E-state index in [4.69, 9.17) is 16.3 Å². The molecular formula is C41H54ClN7O9. The number of imide groups is 1. The van der Waals surface area contributed by atoms with E-state index in [0.717, 1.165) is 16.0 Å². The fourth-order valence-electron chi connectivity index (χ4n) is 5.56. The molecule has 0 radical (unpaired) electrons. The number of amides is 8. The monoisotopic (exact) mass is 823 g/mol. The molecule has 1 aliphatic rings. The van der Waals surface area contributed by atoms with Crippen molar-refractivity contribution in [2.75, 3.05) is 44.6 Å². The minimum absolute atomic E-state index is 0.000748. The Morgan fingerprint density at radius 2 is 1.38 bits per heavy atom. The molecule has 314 valence electrons. The van der Waals surface area contributed by atoms with Gasteiger partial charge in [-0.15, -0.1) is 11.6 Å². The molecule has 0 bridgehead atoms. The summed E-state index contributed by atoms with van der Waals surface area (Å²) in [6.07, 6.45) is 3.90. The van der Waals surface area contributed by atoms with Crippen LogP contribution in [0, 0.1) is 5.41 Å². The Hall–Kier alpha value is -5.61. The van der Waals surface area contributed by atoms with Crippen LogP contribution in [0.1, 0.15) is 64.5 Å². The molecule has 2 aromatic carbocycles. The number of carbonyl (C=O) groups is 8. The topological polar surface area (TPSA) is 221 Å². The zero-order valence-corrected chi connectivity index (χ0v) is 34.2. The summed E-state index contributed by atoms with van der Waals surface area (Å²) in [4.78, 5) is 101. The maximum atomic E-state index is 13.1. The van der Waals surface area contributed by atoms with Crippen LogP contribution in [0.2, 0.25) is 0 Å². The third kappa shape index (κ3) is 16.1. The maximum Gasteiger partial charge on any atom is 0.253 e. The number of hydrogen-bond donors (Lipinski definition) is 6. The van der Waals surface area contributed by atoms with Gasteiger partial charge in [-0.25, -0.2) is 0 Å². The summed E-state index contributed by atoms with van der Waals surface area (Å²) in [7, 11) is 0. The molecule has 1 unspecified atom stereocenters. The van der Waals surface area contributed by atoms with Crippen LogP contribution >= 0.6 is 11.6 Å². The van der Waals surface area contributed by atoms with Gasteiger partial charge in [0, 0.05) is 61.7 Å². The van der Waals surface area contributed by atoms with Gasteiger partial charge in [0.1, 0.15) is 6.04 Å². The smallest absolute Gasteiger partial charge is 0.253 e. The molecule has 0 saturated carbocycles. The SMILES string of the molecule is CCC(C)(CCNC(=O)CCN1C(=O)C=CC1=O)OCCC(C)(C)C(=O)NCC(=O)NCC(=O)N[C@@H](Cc1ccccc1)C(=O)NCC(=O)Nc1ccc(CCl)cc1. The van der Waals surface area contributed by atoms with E-state index in [0.29, 0.717) is 37.4 Å². The summed E-state index contributed by atoms with van der Waals surface area (Å²) < 4.78 is 6.14. The number of ether oxygens (including phenoxy) is 1. The first-order chi connectivity index (χ1) is 27.5. The molecule has 17 heteroatoms. The molecule has 1 heterocycles. The van der Waals surface area contributed by atoms with E-state index in [1.165, 1.54) is 12.2 Å². The van der Waals surface area contributed by atoms with Crippen molar-refractivity contribution in [2.45, 2.75) is 77.3 Å². The highest BCUT2D eigenvalue weighted by molar-refractivity contribution is 6.17. The molecule has 2 aromatic rings. The maximum absolute atomic E-state index is 13.1. The number of anilines is 1. The zero-order valence-electron chi connectivity index (χ0n) is 33.4. The Morgan fingerprint density at radius 1 is 0.741 bits per heavy atom. The van der Waals surface area contributed by atoms with E-state index >= 15 is 0 Å². The quantitative estimate of drug-likeness (QED) is 0.0671. The zero-order chi connectivity index (χ0) is 42.7. The van der Waals surface area contributed by atoms with E-state index in [2.05, 4.69) is 31.9 Å².